The van der Waals surface area contributed by atoms with Gasteiger partial charge in [-0.25, -0.2) is 4.79 Å². The van der Waals surface area contributed by atoms with E-state index in [0.717, 1.165) is 0 Å². The lowest BCUT2D eigenvalue weighted by Crippen LogP contribution is -2.12. The first-order valence-electron chi connectivity index (χ1n) is 3.21. The summed E-state index contributed by atoms with van der Waals surface area (Å²) in [6.45, 7) is 5.73. The Bertz CT molecular complexity index is 143. The molecule has 3 nitrogen and oxygen atoms in total. The van der Waals surface area contributed by atoms with Crippen LogP contribution in [0.25, 0.3) is 0 Å². The molecule has 0 amide bonds. The Hall–Kier alpha value is -0.830. The van der Waals surface area contributed by atoms with Gasteiger partial charge in [0.25, 0.3) is 0 Å². The lowest BCUT2D eigenvalue weighted by Gasteiger charge is -2.07. The van der Waals surface area contributed by atoms with Crippen LogP contribution >= 0.6 is 0 Å². The second kappa shape index (κ2) is 4.06. The predicted molar refractivity (Wildman–Crippen MR) is 39.6 cm³/mol. The molecule has 1 unspecified atom stereocenters. The number of aliphatic carboxylic acids is 1. The summed E-state index contributed by atoms with van der Waals surface area (Å²) in [5.74, 6) is -0.941. The number of nitrogens with two attached hydrogens (primary N) is 1. The molecule has 0 saturated heterocycles. The van der Waals surface area contributed by atoms with E-state index < -0.39 is 5.97 Å². The van der Waals surface area contributed by atoms with Gasteiger partial charge in [0.15, 0.2) is 0 Å². The maximum Gasteiger partial charge on any atom is 0.331 e. The SMILES string of the molecule is C=C(C(=O)O)C(C)CCN. The van der Waals surface area contributed by atoms with Gasteiger partial charge in [-0.1, -0.05) is 13.5 Å². The molecule has 0 heterocycles. The fourth-order valence-corrected chi connectivity index (χ4v) is 0.635. The molecular formula is C7H13NO2. The average molecular weight is 143 g/mol. The summed E-state index contributed by atoms with van der Waals surface area (Å²) in [6, 6.07) is 0. The minimum atomic E-state index is -0.930. The maximum absolute atomic E-state index is 10.3. The third-order valence-corrected chi connectivity index (χ3v) is 1.47. The van der Waals surface area contributed by atoms with Gasteiger partial charge in [-0.05, 0) is 18.9 Å². The molecule has 10 heavy (non-hydrogen) atoms. The molecule has 0 aromatic heterocycles. The van der Waals surface area contributed by atoms with Crippen LogP contribution in [-0.2, 0) is 4.79 Å². The standard InChI is InChI=1S/C7H13NO2/c1-5(3-4-8)6(2)7(9)10/h5H,2-4,8H2,1H3,(H,9,10). The Morgan fingerprint density at radius 2 is 2.30 bits per heavy atom. The van der Waals surface area contributed by atoms with Crippen LogP contribution in [0.3, 0.4) is 0 Å². The summed E-state index contributed by atoms with van der Waals surface area (Å²) in [5, 5.41) is 8.44. The van der Waals surface area contributed by atoms with Crippen molar-refractivity contribution in [1.29, 1.82) is 0 Å². The molecule has 0 aromatic carbocycles. The van der Waals surface area contributed by atoms with Crippen molar-refractivity contribution in [3.63, 3.8) is 0 Å². The maximum atomic E-state index is 10.3. The Morgan fingerprint density at radius 1 is 1.80 bits per heavy atom. The Morgan fingerprint density at radius 3 is 2.60 bits per heavy atom. The Labute approximate surface area is 60.5 Å². The largest absolute Gasteiger partial charge is 0.478 e. The average Bonchev–Trinajstić information content (AvgIpc) is 1.87. The summed E-state index contributed by atoms with van der Waals surface area (Å²) in [5.41, 5.74) is 5.47. The number of carbonyl (C=O) groups is 1. The number of hydrogen-bond donors (Lipinski definition) is 2. The fraction of sp³-hybridized carbons (Fsp3) is 0.571. The molecule has 0 radical (unpaired) electrons. The first-order valence-corrected chi connectivity index (χ1v) is 3.21. The van der Waals surface area contributed by atoms with Crippen molar-refractivity contribution in [2.75, 3.05) is 6.54 Å². The van der Waals surface area contributed by atoms with E-state index in [2.05, 4.69) is 6.58 Å². The van der Waals surface area contributed by atoms with Gasteiger partial charge in [-0.15, -0.1) is 0 Å². The van der Waals surface area contributed by atoms with Gasteiger partial charge < -0.3 is 10.8 Å². The topological polar surface area (TPSA) is 63.3 Å². The minimum absolute atomic E-state index is 0.0116. The van der Waals surface area contributed by atoms with Gasteiger partial charge in [0.2, 0.25) is 0 Å². The van der Waals surface area contributed by atoms with Crippen molar-refractivity contribution < 1.29 is 9.90 Å². The van der Waals surface area contributed by atoms with Gasteiger partial charge in [0.05, 0.1) is 0 Å². The molecule has 0 aliphatic rings. The zero-order valence-corrected chi connectivity index (χ0v) is 6.13. The second-order valence-electron chi connectivity index (χ2n) is 2.31. The van der Waals surface area contributed by atoms with Gasteiger partial charge in [-0.3, -0.25) is 0 Å². The van der Waals surface area contributed by atoms with Crippen LogP contribution in [0.1, 0.15) is 13.3 Å². The molecule has 0 spiro atoms. The van der Waals surface area contributed by atoms with Crippen LogP contribution in [0, 0.1) is 5.92 Å². The summed E-state index contributed by atoms with van der Waals surface area (Å²) < 4.78 is 0. The van der Waals surface area contributed by atoms with Crippen molar-refractivity contribution >= 4 is 5.97 Å². The van der Waals surface area contributed by atoms with E-state index in [1.165, 1.54) is 0 Å². The number of carboxylic acid groups (broad SMARTS) is 1. The van der Waals surface area contributed by atoms with Gasteiger partial charge in [-0.2, -0.15) is 0 Å². The molecule has 3 heteroatoms. The molecule has 0 fully saturated rings. The zero-order valence-electron chi connectivity index (χ0n) is 6.13. The molecule has 0 aromatic rings. The van der Waals surface area contributed by atoms with Crippen molar-refractivity contribution in [3.8, 4) is 0 Å². The molecule has 0 aliphatic carbocycles. The normalized spacial score (nSPS) is 12.6. The Balaban J connectivity index is 3.82. The van der Waals surface area contributed by atoms with Crippen LogP contribution in [0.4, 0.5) is 0 Å². The highest BCUT2D eigenvalue weighted by atomic mass is 16.4. The quantitative estimate of drug-likeness (QED) is 0.567. The summed E-state index contributed by atoms with van der Waals surface area (Å²) in [4.78, 5) is 10.3. The van der Waals surface area contributed by atoms with E-state index in [4.69, 9.17) is 10.8 Å². The highest BCUT2D eigenvalue weighted by molar-refractivity contribution is 5.86. The number of hydrogen-bond acceptors (Lipinski definition) is 2. The van der Waals surface area contributed by atoms with Crippen molar-refractivity contribution in [1.82, 2.24) is 0 Å². The molecule has 3 N–H and O–H groups in total. The first kappa shape index (κ1) is 9.17. The monoisotopic (exact) mass is 143 g/mol. The number of carboxylic acids is 1. The smallest absolute Gasteiger partial charge is 0.331 e. The van der Waals surface area contributed by atoms with E-state index in [1.54, 1.807) is 0 Å². The molecule has 0 rings (SSSR count). The number of rotatable bonds is 4. The molecule has 0 bridgehead atoms. The van der Waals surface area contributed by atoms with E-state index in [-0.39, 0.29) is 11.5 Å². The molecule has 0 aliphatic heterocycles. The Kier molecular flexibility index (Phi) is 3.72. The van der Waals surface area contributed by atoms with Crippen LogP contribution in [0.2, 0.25) is 0 Å². The van der Waals surface area contributed by atoms with E-state index in [0.29, 0.717) is 13.0 Å². The van der Waals surface area contributed by atoms with Crippen LogP contribution in [-0.4, -0.2) is 17.6 Å². The third-order valence-electron chi connectivity index (χ3n) is 1.47. The summed E-state index contributed by atoms with van der Waals surface area (Å²) >= 11 is 0. The third kappa shape index (κ3) is 2.64. The van der Waals surface area contributed by atoms with Crippen molar-refractivity contribution in [2.24, 2.45) is 11.7 Å². The van der Waals surface area contributed by atoms with Crippen LogP contribution in [0.5, 0.6) is 0 Å². The molecular weight excluding hydrogens is 130 g/mol. The predicted octanol–water partition coefficient (Wildman–Crippen LogP) is 0.612. The lowest BCUT2D eigenvalue weighted by molar-refractivity contribution is -0.133. The second-order valence-corrected chi connectivity index (χ2v) is 2.31. The van der Waals surface area contributed by atoms with Crippen LogP contribution in [0.15, 0.2) is 12.2 Å². The minimum Gasteiger partial charge on any atom is -0.478 e. The highest BCUT2D eigenvalue weighted by Crippen LogP contribution is 2.10. The van der Waals surface area contributed by atoms with Gasteiger partial charge in [0, 0.05) is 5.57 Å². The summed E-state index contributed by atoms with van der Waals surface area (Å²) in [6.07, 6.45) is 0.686. The van der Waals surface area contributed by atoms with Crippen molar-refractivity contribution in [3.05, 3.63) is 12.2 Å². The van der Waals surface area contributed by atoms with Gasteiger partial charge in [0.1, 0.15) is 0 Å². The van der Waals surface area contributed by atoms with Gasteiger partial charge >= 0.3 is 5.97 Å². The molecule has 58 valence electrons. The first-order chi connectivity index (χ1) is 4.59. The molecule has 1 atom stereocenters. The van der Waals surface area contributed by atoms with Crippen molar-refractivity contribution in [2.45, 2.75) is 13.3 Å². The zero-order chi connectivity index (χ0) is 8.15. The molecule has 0 saturated carbocycles. The highest BCUT2D eigenvalue weighted by Gasteiger charge is 2.11. The van der Waals surface area contributed by atoms with E-state index >= 15 is 0 Å². The lowest BCUT2D eigenvalue weighted by atomic mass is 10.00. The van der Waals surface area contributed by atoms with E-state index in [9.17, 15) is 4.79 Å². The fourth-order valence-electron chi connectivity index (χ4n) is 0.635. The summed E-state index contributed by atoms with van der Waals surface area (Å²) in [7, 11) is 0. The van der Waals surface area contributed by atoms with Crippen LogP contribution < -0.4 is 5.73 Å². The van der Waals surface area contributed by atoms with E-state index in [1.807, 2.05) is 6.92 Å².